The van der Waals surface area contributed by atoms with Gasteiger partial charge in [0.2, 0.25) is 0 Å². The van der Waals surface area contributed by atoms with Crippen LogP contribution in [0, 0.1) is 17.2 Å². The van der Waals surface area contributed by atoms with Crippen molar-refractivity contribution in [3.63, 3.8) is 0 Å². The molecular weight excluding hydrogens is 328 g/mol. The molecule has 1 aromatic rings. The van der Waals surface area contributed by atoms with E-state index < -0.39 is 5.60 Å². The van der Waals surface area contributed by atoms with Gasteiger partial charge in [0.1, 0.15) is 17.4 Å². The van der Waals surface area contributed by atoms with Crippen molar-refractivity contribution >= 4 is 11.6 Å². The number of amides is 1. The van der Waals surface area contributed by atoms with Crippen LogP contribution < -0.4 is 10.1 Å². The molecule has 0 heterocycles. The van der Waals surface area contributed by atoms with Crippen molar-refractivity contribution in [2.75, 3.05) is 18.5 Å². The van der Waals surface area contributed by atoms with Crippen LogP contribution in [0.5, 0.6) is 5.75 Å². The number of rotatable bonds is 7. The van der Waals surface area contributed by atoms with Crippen LogP contribution in [0.1, 0.15) is 64.9 Å². The van der Waals surface area contributed by atoms with Crippen LogP contribution in [0.2, 0.25) is 0 Å². The zero-order valence-electron chi connectivity index (χ0n) is 16.1. The Bertz CT molecular complexity index is 641. The molecule has 142 valence electrons. The van der Waals surface area contributed by atoms with E-state index in [1.54, 1.807) is 18.2 Å². The molecule has 5 nitrogen and oxygen atoms in total. The van der Waals surface area contributed by atoms with Crippen LogP contribution in [0.25, 0.3) is 0 Å². The van der Waals surface area contributed by atoms with Gasteiger partial charge in [-0.1, -0.05) is 39.5 Å². The average Bonchev–Trinajstić information content (AvgIpc) is 2.87. The highest BCUT2D eigenvalue weighted by atomic mass is 16.5. The van der Waals surface area contributed by atoms with E-state index in [1.807, 2.05) is 6.92 Å². The number of anilines is 1. The number of carbonyl (C=O) groups is 1. The van der Waals surface area contributed by atoms with Crippen molar-refractivity contribution in [2.45, 2.75) is 64.9 Å². The summed E-state index contributed by atoms with van der Waals surface area (Å²) < 4.78 is 11.6. The van der Waals surface area contributed by atoms with Crippen molar-refractivity contribution in [2.24, 2.45) is 5.92 Å². The lowest BCUT2D eigenvalue weighted by Crippen LogP contribution is -2.45. The van der Waals surface area contributed by atoms with Crippen LogP contribution >= 0.6 is 0 Å². The monoisotopic (exact) mass is 358 g/mol. The van der Waals surface area contributed by atoms with Crippen molar-refractivity contribution in [3.05, 3.63) is 23.8 Å². The second-order valence-electron chi connectivity index (χ2n) is 7.32. The Morgan fingerprint density at radius 2 is 1.96 bits per heavy atom. The van der Waals surface area contributed by atoms with Gasteiger partial charge in [0.25, 0.3) is 5.91 Å². The zero-order chi connectivity index (χ0) is 19.0. The summed E-state index contributed by atoms with van der Waals surface area (Å²) >= 11 is 0. The number of hydrogen-bond acceptors (Lipinski definition) is 4. The molecule has 0 atom stereocenters. The maximum Gasteiger partial charge on any atom is 0.256 e. The summed E-state index contributed by atoms with van der Waals surface area (Å²) in [6, 6.07) is 7.35. The topological polar surface area (TPSA) is 71.3 Å². The molecule has 1 aromatic carbocycles. The van der Waals surface area contributed by atoms with E-state index >= 15 is 0 Å². The number of ether oxygens (including phenoxy) is 2. The smallest absolute Gasteiger partial charge is 0.256 e. The number of hydrogen-bond donors (Lipinski definition) is 1. The Hall–Kier alpha value is -2.06. The first-order valence-electron chi connectivity index (χ1n) is 9.63. The minimum atomic E-state index is -0.759. The third kappa shape index (κ3) is 5.22. The zero-order valence-corrected chi connectivity index (χ0v) is 16.1. The summed E-state index contributed by atoms with van der Waals surface area (Å²) in [5.74, 6) is 0.816. The van der Waals surface area contributed by atoms with Crippen LogP contribution in [0.15, 0.2) is 18.2 Å². The fraction of sp³-hybridized carbons (Fsp3) is 0.619. The summed E-state index contributed by atoms with van der Waals surface area (Å²) in [6.07, 6.45) is 5.77. The predicted octanol–water partition coefficient (Wildman–Crippen LogP) is 4.66. The summed E-state index contributed by atoms with van der Waals surface area (Å²) in [6.45, 7) is 7.10. The first-order valence-corrected chi connectivity index (χ1v) is 9.63. The van der Waals surface area contributed by atoms with E-state index in [-0.39, 0.29) is 5.91 Å². The van der Waals surface area contributed by atoms with Crippen molar-refractivity contribution in [3.8, 4) is 11.8 Å². The van der Waals surface area contributed by atoms with Gasteiger partial charge in [-0.15, -0.1) is 0 Å². The Labute approximate surface area is 156 Å². The van der Waals surface area contributed by atoms with Crippen LogP contribution in [-0.2, 0) is 9.53 Å². The highest BCUT2D eigenvalue weighted by molar-refractivity contribution is 5.97. The highest BCUT2D eigenvalue weighted by Gasteiger charge is 2.39. The van der Waals surface area contributed by atoms with Gasteiger partial charge in [-0.3, -0.25) is 4.79 Å². The standard InChI is InChI=1S/C21H30N2O3/c1-4-26-21(11-7-5-6-8-12-21)20(24)23-18-9-10-19(17(13-18)14-22)25-15-16(2)3/h9-10,13,16H,4-8,11-12,15H2,1-3H3,(H,23,24). The molecule has 1 aliphatic carbocycles. The molecule has 0 unspecified atom stereocenters. The molecule has 0 radical (unpaired) electrons. The third-order valence-electron chi connectivity index (χ3n) is 4.68. The van der Waals surface area contributed by atoms with E-state index in [9.17, 15) is 10.1 Å². The van der Waals surface area contributed by atoms with Gasteiger partial charge in [-0.25, -0.2) is 0 Å². The van der Waals surface area contributed by atoms with Crippen LogP contribution in [-0.4, -0.2) is 24.7 Å². The summed E-state index contributed by atoms with van der Waals surface area (Å²) in [5.41, 5.74) is 0.270. The number of nitrogens with one attached hydrogen (secondary N) is 1. The Kier molecular flexibility index (Phi) is 7.47. The Morgan fingerprint density at radius 3 is 2.54 bits per heavy atom. The molecule has 0 aliphatic heterocycles. The Balaban J connectivity index is 2.15. The lowest BCUT2D eigenvalue weighted by molar-refractivity contribution is -0.143. The van der Waals surface area contributed by atoms with Gasteiger partial charge in [-0.05, 0) is 43.9 Å². The summed E-state index contributed by atoms with van der Waals surface area (Å²) in [4.78, 5) is 13.0. The van der Waals surface area contributed by atoms with E-state index in [0.29, 0.717) is 36.1 Å². The van der Waals surface area contributed by atoms with E-state index in [1.165, 1.54) is 0 Å². The molecule has 1 saturated carbocycles. The fourth-order valence-corrected chi connectivity index (χ4v) is 3.34. The third-order valence-corrected chi connectivity index (χ3v) is 4.68. The lowest BCUT2D eigenvalue weighted by Gasteiger charge is -2.31. The fourth-order valence-electron chi connectivity index (χ4n) is 3.34. The highest BCUT2D eigenvalue weighted by Crippen LogP contribution is 2.32. The maximum atomic E-state index is 13.0. The number of nitrogens with zero attached hydrogens (tertiary/aromatic N) is 1. The molecule has 0 spiro atoms. The van der Waals surface area contributed by atoms with Gasteiger partial charge in [0.15, 0.2) is 0 Å². The summed E-state index contributed by atoms with van der Waals surface area (Å²) in [7, 11) is 0. The maximum absolute atomic E-state index is 13.0. The lowest BCUT2D eigenvalue weighted by atomic mass is 9.92. The normalized spacial score (nSPS) is 16.6. The number of carbonyl (C=O) groups excluding carboxylic acids is 1. The van der Waals surface area contributed by atoms with E-state index in [4.69, 9.17) is 9.47 Å². The molecule has 5 heteroatoms. The molecule has 0 bridgehead atoms. The minimum absolute atomic E-state index is 0.110. The second kappa shape index (κ2) is 9.59. The van der Waals surface area contributed by atoms with Gasteiger partial charge in [-0.2, -0.15) is 5.26 Å². The minimum Gasteiger partial charge on any atom is -0.492 e. The molecular formula is C21H30N2O3. The molecule has 26 heavy (non-hydrogen) atoms. The van der Waals surface area contributed by atoms with Gasteiger partial charge < -0.3 is 14.8 Å². The van der Waals surface area contributed by atoms with Gasteiger partial charge >= 0.3 is 0 Å². The molecule has 1 fully saturated rings. The largest absolute Gasteiger partial charge is 0.492 e. The molecule has 0 saturated heterocycles. The second-order valence-corrected chi connectivity index (χ2v) is 7.32. The first kappa shape index (κ1) is 20.3. The molecule has 0 aromatic heterocycles. The van der Waals surface area contributed by atoms with Crippen molar-refractivity contribution in [1.29, 1.82) is 5.26 Å². The van der Waals surface area contributed by atoms with E-state index in [2.05, 4.69) is 25.2 Å². The molecule has 1 N–H and O–H groups in total. The predicted molar refractivity (Wildman–Crippen MR) is 102 cm³/mol. The molecule has 1 amide bonds. The SMILES string of the molecule is CCOC1(C(=O)Nc2ccc(OCC(C)C)c(C#N)c2)CCCCCC1. The average molecular weight is 358 g/mol. The van der Waals surface area contributed by atoms with Crippen molar-refractivity contribution in [1.82, 2.24) is 0 Å². The number of nitriles is 1. The van der Waals surface area contributed by atoms with E-state index in [0.717, 1.165) is 38.5 Å². The van der Waals surface area contributed by atoms with Crippen LogP contribution in [0.3, 0.4) is 0 Å². The van der Waals surface area contributed by atoms with Gasteiger partial charge in [0, 0.05) is 12.3 Å². The quantitative estimate of drug-likeness (QED) is 0.720. The summed E-state index contributed by atoms with van der Waals surface area (Å²) in [5, 5.41) is 12.4. The number of benzene rings is 1. The molecule has 2 rings (SSSR count). The Morgan fingerprint density at radius 1 is 1.27 bits per heavy atom. The molecule has 1 aliphatic rings. The first-order chi connectivity index (χ1) is 12.5. The van der Waals surface area contributed by atoms with Crippen LogP contribution in [0.4, 0.5) is 5.69 Å². The van der Waals surface area contributed by atoms with Crippen molar-refractivity contribution < 1.29 is 14.3 Å². The van der Waals surface area contributed by atoms with Gasteiger partial charge in [0.05, 0.1) is 12.2 Å².